The minimum absolute atomic E-state index is 0.154. The topological polar surface area (TPSA) is 102 Å². The summed E-state index contributed by atoms with van der Waals surface area (Å²) in [4.78, 5) is 26.1. The molecule has 1 unspecified atom stereocenters. The summed E-state index contributed by atoms with van der Waals surface area (Å²) in [5.41, 5.74) is -0.394. The van der Waals surface area contributed by atoms with Gasteiger partial charge >= 0.3 is 5.97 Å². The summed E-state index contributed by atoms with van der Waals surface area (Å²) in [5.74, 6) is -1.90. The maximum atomic E-state index is 11.7. The molecule has 1 amide bonds. The van der Waals surface area contributed by atoms with Gasteiger partial charge in [-0.2, -0.15) is 0 Å². The first kappa shape index (κ1) is 14.1. The molecule has 1 aromatic carbocycles. The number of aromatic amines is 1. The number of carboxylic acid groups (broad SMARTS) is 1. The third-order valence-corrected chi connectivity index (χ3v) is 3.38. The molecule has 20 heavy (non-hydrogen) atoms. The number of benzene rings is 1. The van der Waals surface area contributed by atoms with E-state index in [-0.39, 0.29) is 6.42 Å². The third-order valence-electron chi connectivity index (χ3n) is 3.38. The molecule has 2 aromatic rings. The van der Waals surface area contributed by atoms with Crippen molar-refractivity contribution < 1.29 is 19.8 Å². The van der Waals surface area contributed by atoms with E-state index in [2.05, 4.69) is 10.3 Å². The third kappa shape index (κ3) is 2.25. The average molecular weight is 276 g/mol. The number of amides is 1. The molecule has 0 aliphatic carbocycles. The van der Waals surface area contributed by atoms with Crippen molar-refractivity contribution in [2.24, 2.45) is 0 Å². The number of carboxylic acids is 1. The van der Waals surface area contributed by atoms with Crippen molar-refractivity contribution in [2.45, 2.75) is 18.9 Å². The highest BCUT2D eigenvalue weighted by Gasteiger charge is 2.41. The van der Waals surface area contributed by atoms with Gasteiger partial charge in [-0.3, -0.25) is 4.79 Å². The van der Waals surface area contributed by atoms with E-state index in [1.165, 1.54) is 0 Å². The first-order valence-corrected chi connectivity index (χ1v) is 6.27. The average Bonchev–Trinajstić information content (AvgIpc) is 2.88. The maximum absolute atomic E-state index is 11.7. The number of H-pyrrole nitrogens is 1. The highest BCUT2D eigenvalue weighted by atomic mass is 16.4. The number of hydrogen-bond donors (Lipinski definition) is 4. The number of nitrogens with one attached hydrogen (secondary N) is 2. The molecule has 0 saturated carbocycles. The van der Waals surface area contributed by atoms with Gasteiger partial charge in [0.2, 0.25) is 5.91 Å². The maximum Gasteiger partial charge on any atom is 0.335 e. The molecule has 0 aliphatic rings. The molecule has 2 rings (SSSR count). The van der Waals surface area contributed by atoms with Crippen LogP contribution in [0.2, 0.25) is 0 Å². The van der Waals surface area contributed by atoms with Crippen LogP contribution in [0.25, 0.3) is 10.9 Å². The molecule has 1 aromatic heterocycles. The van der Waals surface area contributed by atoms with E-state index >= 15 is 0 Å². The summed E-state index contributed by atoms with van der Waals surface area (Å²) in [5, 5.41) is 21.6. The number of para-hydroxylation sites is 1. The molecular formula is C14H16N2O4. The van der Waals surface area contributed by atoms with Crippen molar-refractivity contribution in [1.82, 2.24) is 10.3 Å². The predicted molar refractivity (Wildman–Crippen MR) is 73.1 cm³/mol. The molecule has 0 aliphatic heterocycles. The Labute approximate surface area is 115 Å². The Morgan fingerprint density at radius 1 is 1.35 bits per heavy atom. The lowest BCUT2D eigenvalue weighted by Gasteiger charge is -2.28. The van der Waals surface area contributed by atoms with Crippen LogP contribution < -0.4 is 5.32 Å². The Kier molecular flexibility index (Phi) is 3.76. The van der Waals surface area contributed by atoms with Crippen LogP contribution in [-0.2, 0) is 15.1 Å². The van der Waals surface area contributed by atoms with Gasteiger partial charge in [0.15, 0.2) is 5.54 Å². The van der Waals surface area contributed by atoms with Gasteiger partial charge in [0.1, 0.15) is 6.61 Å². The molecule has 0 saturated heterocycles. The molecule has 0 spiro atoms. The van der Waals surface area contributed by atoms with Gasteiger partial charge in [0.05, 0.1) is 5.69 Å². The first-order chi connectivity index (χ1) is 9.53. The van der Waals surface area contributed by atoms with Crippen molar-refractivity contribution in [2.75, 3.05) is 6.61 Å². The smallest absolute Gasteiger partial charge is 0.335 e. The Morgan fingerprint density at radius 2 is 2.05 bits per heavy atom. The van der Waals surface area contributed by atoms with E-state index in [0.29, 0.717) is 5.69 Å². The van der Waals surface area contributed by atoms with Crippen molar-refractivity contribution >= 4 is 22.8 Å². The van der Waals surface area contributed by atoms with Crippen LogP contribution in [0.15, 0.2) is 30.3 Å². The number of carbonyl (C=O) groups is 2. The van der Waals surface area contributed by atoms with Gasteiger partial charge in [0, 0.05) is 5.52 Å². The molecular weight excluding hydrogens is 260 g/mol. The fourth-order valence-electron chi connectivity index (χ4n) is 2.25. The minimum Gasteiger partial charge on any atom is -0.479 e. The summed E-state index contributed by atoms with van der Waals surface area (Å²) < 4.78 is 0. The molecule has 1 heterocycles. The van der Waals surface area contributed by atoms with Crippen molar-refractivity contribution in [3.8, 4) is 0 Å². The summed E-state index contributed by atoms with van der Waals surface area (Å²) in [6.45, 7) is 0.909. The molecule has 0 radical (unpaired) electrons. The van der Waals surface area contributed by atoms with E-state index in [0.717, 1.165) is 10.9 Å². The summed E-state index contributed by atoms with van der Waals surface area (Å²) >= 11 is 0. The van der Waals surface area contributed by atoms with Gasteiger partial charge in [-0.15, -0.1) is 0 Å². The summed E-state index contributed by atoms with van der Waals surface area (Å²) in [6.07, 6.45) is 0.154. The highest BCUT2D eigenvalue weighted by molar-refractivity contribution is 5.90. The van der Waals surface area contributed by atoms with Gasteiger partial charge < -0.3 is 20.5 Å². The first-order valence-electron chi connectivity index (χ1n) is 6.27. The number of aliphatic carboxylic acids is 1. The number of hydrogen-bond acceptors (Lipinski definition) is 3. The number of aliphatic hydroxyl groups is 1. The van der Waals surface area contributed by atoms with Crippen LogP contribution >= 0.6 is 0 Å². The zero-order chi connectivity index (χ0) is 14.8. The molecule has 0 bridgehead atoms. The summed E-state index contributed by atoms with van der Waals surface area (Å²) in [7, 11) is 0. The number of carbonyl (C=O) groups excluding carboxylic acids is 1. The van der Waals surface area contributed by atoms with Crippen molar-refractivity contribution in [1.29, 1.82) is 0 Å². The fourth-order valence-corrected chi connectivity index (χ4v) is 2.25. The Balaban J connectivity index is 2.55. The largest absolute Gasteiger partial charge is 0.479 e. The molecule has 0 fully saturated rings. The molecule has 6 nitrogen and oxygen atoms in total. The standard InChI is InChI=1S/C14H16N2O4/c1-2-14(13(19)20,16-12(18)8-17)11-7-9-5-3-4-6-10(9)15-11/h3-7,15,17H,2,8H2,1H3,(H,16,18)(H,19,20). The second-order valence-electron chi connectivity index (χ2n) is 4.54. The Bertz CT molecular complexity index is 616. The Morgan fingerprint density at radius 3 is 2.60 bits per heavy atom. The van der Waals surface area contributed by atoms with Crippen LogP contribution in [0.3, 0.4) is 0 Å². The Hall–Kier alpha value is -2.34. The number of rotatable bonds is 5. The van der Waals surface area contributed by atoms with E-state index in [4.69, 9.17) is 5.11 Å². The van der Waals surface area contributed by atoms with Gasteiger partial charge in [-0.05, 0) is 23.9 Å². The monoisotopic (exact) mass is 276 g/mol. The van der Waals surface area contributed by atoms with Crippen LogP contribution in [-0.4, -0.2) is 33.7 Å². The molecule has 6 heteroatoms. The lowest BCUT2D eigenvalue weighted by Crippen LogP contribution is -2.52. The van der Waals surface area contributed by atoms with Crippen molar-refractivity contribution in [3.05, 3.63) is 36.0 Å². The lowest BCUT2D eigenvalue weighted by molar-refractivity contribution is -0.149. The highest BCUT2D eigenvalue weighted by Crippen LogP contribution is 2.28. The summed E-state index contributed by atoms with van der Waals surface area (Å²) in [6, 6.07) is 9.06. The second kappa shape index (κ2) is 5.34. The van der Waals surface area contributed by atoms with Crippen LogP contribution in [0.4, 0.5) is 0 Å². The minimum atomic E-state index is -1.57. The van der Waals surface area contributed by atoms with E-state index < -0.39 is 24.0 Å². The zero-order valence-electron chi connectivity index (χ0n) is 11.0. The van der Waals surface area contributed by atoms with Crippen LogP contribution in [0.5, 0.6) is 0 Å². The van der Waals surface area contributed by atoms with Gasteiger partial charge in [-0.1, -0.05) is 25.1 Å². The SMILES string of the molecule is CCC(NC(=O)CO)(C(=O)O)c1cc2ccccc2[nH]1. The molecule has 1 atom stereocenters. The van der Waals surface area contributed by atoms with E-state index in [9.17, 15) is 14.7 Å². The number of aromatic nitrogens is 1. The molecule has 106 valence electrons. The molecule has 4 N–H and O–H groups in total. The number of fused-ring (bicyclic) bond motifs is 1. The normalized spacial score (nSPS) is 13.9. The van der Waals surface area contributed by atoms with E-state index in [1.807, 2.05) is 24.3 Å². The van der Waals surface area contributed by atoms with Gasteiger partial charge in [0.25, 0.3) is 0 Å². The van der Waals surface area contributed by atoms with Crippen molar-refractivity contribution in [3.63, 3.8) is 0 Å². The van der Waals surface area contributed by atoms with E-state index in [1.54, 1.807) is 13.0 Å². The van der Waals surface area contributed by atoms with Gasteiger partial charge in [-0.25, -0.2) is 4.79 Å². The zero-order valence-corrected chi connectivity index (χ0v) is 11.0. The predicted octanol–water partition coefficient (Wildman–Crippen LogP) is 0.966. The second-order valence-corrected chi connectivity index (χ2v) is 4.54. The number of aliphatic hydroxyl groups excluding tert-OH is 1. The fraction of sp³-hybridized carbons (Fsp3) is 0.286. The van der Waals surface area contributed by atoms with Crippen LogP contribution in [0.1, 0.15) is 19.0 Å². The quantitative estimate of drug-likeness (QED) is 0.653. The lowest BCUT2D eigenvalue weighted by atomic mass is 9.91. The van der Waals surface area contributed by atoms with Crippen LogP contribution in [0, 0.1) is 0 Å².